The van der Waals surface area contributed by atoms with Crippen molar-refractivity contribution in [1.82, 2.24) is 4.90 Å². The van der Waals surface area contributed by atoms with Crippen molar-refractivity contribution in [3.63, 3.8) is 0 Å². The maximum Gasteiger partial charge on any atom is 0.261 e. The zero-order valence-electron chi connectivity index (χ0n) is 18.1. The molecule has 162 valence electrons. The van der Waals surface area contributed by atoms with Crippen LogP contribution in [0.1, 0.15) is 58.5 Å². The minimum atomic E-state index is -0.209. The normalized spacial score (nSPS) is 20.1. The van der Waals surface area contributed by atoms with E-state index in [1.807, 2.05) is 24.3 Å². The Kier molecular flexibility index (Phi) is 4.77. The van der Waals surface area contributed by atoms with E-state index in [2.05, 4.69) is 26.0 Å². The standard InChI is InChI=1S/C27H25NO4/c1-27(2,17-7-11-20(29)12-8-17)18-9-13-21(14-10-18)32-22-15-19(16-22)28-25(30)23-5-3-4-6-24(23)26(28)31/h3-14,19,22,29H,15-16H2,1-2H3/t19-,22+. The van der Waals surface area contributed by atoms with Gasteiger partial charge in [0.05, 0.1) is 11.1 Å². The topological polar surface area (TPSA) is 66.8 Å². The third-order valence-electron chi connectivity index (χ3n) is 6.73. The second-order valence-electron chi connectivity index (χ2n) is 9.09. The molecule has 1 fully saturated rings. The minimum Gasteiger partial charge on any atom is -0.508 e. The summed E-state index contributed by atoms with van der Waals surface area (Å²) in [5.41, 5.74) is 3.04. The molecule has 0 saturated heterocycles. The number of nitrogens with zero attached hydrogens (tertiary/aromatic N) is 1. The summed E-state index contributed by atoms with van der Waals surface area (Å²) >= 11 is 0. The van der Waals surface area contributed by atoms with Crippen molar-refractivity contribution >= 4 is 11.8 Å². The molecule has 1 aliphatic heterocycles. The Bertz CT molecular complexity index is 1140. The number of hydrogen-bond acceptors (Lipinski definition) is 4. The van der Waals surface area contributed by atoms with E-state index in [1.54, 1.807) is 36.4 Å². The quantitative estimate of drug-likeness (QED) is 0.587. The molecule has 5 rings (SSSR count). The molecule has 1 heterocycles. The van der Waals surface area contributed by atoms with Crippen molar-refractivity contribution in [3.8, 4) is 11.5 Å². The first-order valence-electron chi connectivity index (χ1n) is 10.9. The van der Waals surface area contributed by atoms with Gasteiger partial charge in [-0.2, -0.15) is 0 Å². The van der Waals surface area contributed by atoms with E-state index < -0.39 is 0 Å². The summed E-state index contributed by atoms with van der Waals surface area (Å²) in [6, 6.07) is 22.2. The lowest BCUT2D eigenvalue weighted by molar-refractivity contribution is 0.0198. The Balaban J connectivity index is 1.21. The van der Waals surface area contributed by atoms with Crippen molar-refractivity contribution in [1.29, 1.82) is 0 Å². The van der Waals surface area contributed by atoms with Crippen molar-refractivity contribution in [2.24, 2.45) is 0 Å². The lowest BCUT2D eigenvalue weighted by atomic mass is 9.78. The smallest absolute Gasteiger partial charge is 0.261 e. The van der Waals surface area contributed by atoms with E-state index in [4.69, 9.17) is 4.74 Å². The Morgan fingerprint density at radius 2 is 1.31 bits per heavy atom. The maximum atomic E-state index is 12.6. The molecule has 0 unspecified atom stereocenters. The maximum absolute atomic E-state index is 12.6. The molecule has 1 saturated carbocycles. The first-order valence-corrected chi connectivity index (χ1v) is 10.9. The second kappa shape index (κ2) is 7.52. The van der Waals surface area contributed by atoms with Gasteiger partial charge in [0.15, 0.2) is 0 Å². The first kappa shape index (κ1) is 20.3. The highest BCUT2D eigenvalue weighted by molar-refractivity contribution is 6.21. The number of carbonyl (C=O) groups excluding carboxylic acids is 2. The van der Waals surface area contributed by atoms with Gasteiger partial charge in [0, 0.05) is 24.3 Å². The van der Waals surface area contributed by atoms with E-state index in [1.165, 1.54) is 4.90 Å². The van der Waals surface area contributed by atoms with Crippen LogP contribution in [0.25, 0.3) is 0 Å². The Morgan fingerprint density at radius 3 is 1.84 bits per heavy atom. The number of benzene rings is 3. The Morgan fingerprint density at radius 1 is 0.812 bits per heavy atom. The largest absolute Gasteiger partial charge is 0.508 e. The number of fused-ring (bicyclic) bond motifs is 1. The van der Waals surface area contributed by atoms with Gasteiger partial charge in [-0.25, -0.2) is 0 Å². The number of carbonyl (C=O) groups is 2. The van der Waals surface area contributed by atoms with Gasteiger partial charge >= 0.3 is 0 Å². The average molecular weight is 428 g/mol. The molecule has 2 aliphatic rings. The predicted octanol–water partition coefficient (Wildman–Crippen LogP) is 4.92. The van der Waals surface area contributed by atoms with Crippen LogP contribution in [0.5, 0.6) is 11.5 Å². The predicted molar refractivity (Wildman–Crippen MR) is 121 cm³/mol. The Hall–Kier alpha value is -3.60. The summed E-state index contributed by atoms with van der Waals surface area (Å²) in [5, 5.41) is 9.55. The van der Waals surface area contributed by atoms with Crippen LogP contribution in [0.4, 0.5) is 0 Å². The number of amides is 2. The lowest BCUT2D eigenvalue weighted by Crippen LogP contribution is -2.51. The fraction of sp³-hybridized carbons (Fsp3) is 0.259. The summed E-state index contributed by atoms with van der Waals surface area (Å²) in [4.78, 5) is 26.6. The molecule has 2 amide bonds. The van der Waals surface area contributed by atoms with Crippen molar-refractivity contribution in [2.75, 3.05) is 0 Å². The van der Waals surface area contributed by atoms with Crippen LogP contribution in [-0.2, 0) is 5.41 Å². The van der Waals surface area contributed by atoms with E-state index >= 15 is 0 Å². The molecule has 1 aliphatic carbocycles. The molecular weight excluding hydrogens is 402 g/mol. The Labute approximate surface area is 187 Å². The molecule has 0 bridgehead atoms. The fourth-order valence-corrected chi connectivity index (χ4v) is 4.57. The molecule has 32 heavy (non-hydrogen) atoms. The molecule has 0 spiro atoms. The minimum absolute atomic E-state index is 0.0136. The summed E-state index contributed by atoms with van der Waals surface area (Å²) in [6.45, 7) is 4.29. The fourth-order valence-electron chi connectivity index (χ4n) is 4.57. The highest BCUT2D eigenvalue weighted by Gasteiger charge is 2.45. The third kappa shape index (κ3) is 3.34. The average Bonchev–Trinajstić information content (AvgIpc) is 3.01. The van der Waals surface area contributed by atoms with Crippen LogP contribution in [-0.4, -0.2) is 34.0 Å². The van der Waals surface area contributed by atoms with E-state index in [9.17, 15) is 14.7 Å². The summed E-state index contributed by atoms with van der Waals surface area (Å²) in [6.07, 6.45) is 1.28. The molecule has 0 aromatic heterocycles. The molecule has 3 aromatic rings. The van der Waals surface area contributed by atoms with E-state index in [-0.39, 0.29) is 35.1 Å². The number of phenols is 1. The highest BCUT2D eigenvalue weighted by atomic mass is 16.5. The van der Waals surface area contributed by atoms with E-state index in [0.29, 0.717) is 24.0 Å². The van der Waals surface area contributed by atoms with Crippen LogP contribution in [0.3, 0.4) is 0 Å². The van der Waals surface area contributed by atoms with Gasteiger partial charge in [-0.15, -0.1) is 0 Å². The number of rotatable bonds is 5. The number of aromatic hydroxyl groups is 1. The van der Waals surface area contributed by atoms with Gasteiger partial charge < -0.3 is 9.84 Å². The van der Waals surface area contributed by atoms with E-state index in [0.717, 1.165) is 16.9 Å². The van der Waals surface area contributed by atoms with Gasteiger partial charge in [-0.05, 0) is 47.5 Å². The van der Waals surface area contributed by atoms with Gasteiger partial charge in [-0.3, -0.25) is 14.5 Å². The lowest BCUT2D eigenvalue weighted by Gasteiger charge is -2.39. The zero-order chi connectivity index (χ0) is 22.5. The van der Waals surface area contributed by atoms with Crippen LogP contribution in [0.15, 0.2) is 72.8 Å². The molecule has 0 radical (unpaired) electrons. The second-order valence-corrected chi connectivity index (χ2v) is 9.09. The summed E-state index contributed by atoms with van der Waals surface area (Å²) < 4.78 is 6.09. The SMILES string of the molecule is CC(C)(c1ccc(O)cc1)c1ccc(O[C@H]2C[C@@H](N3C(=O)c4ccccc4C3=O)C2)cc1. The molecule has 5 heteroatoms. The number of ether oxygens (including phenoxy) is 1. The zero-order valence-corrected chi connectivity index (χ0v) is 18.1. The van der Waals surface area contributed by atoms with Gasteiger partial charge in [0.1, 0.15) is 17.6 Å². The highest BCUT2D eigenvalue weighted by Crippen LogP contribution is 2.37. The first-order chi connectivity index (χ1) is 15.3. The summed E-state index contributed by atoms with van der Waals surface area (Å²) in [5.74, 6) is 0.638. The number of hydrogen-bond donors (Lipinski definition) is 1. The van der Waals surface area contributed by atoms with Gasteiger partial charge in [0.2, 0.25) is 0 Å². The van der Waals surface area contributed by atoms with Crippen molar-refractivity contribution < 1.29 is 19.4 Å². The van der Waals surface area contributed by atoms with Crippen LogP contribution in [0.2, 0.25) is 0 Å². The monoisotopic (exact) mass is 427 g/mol. The van der Waals surface area contributed by atoms with Crippen LogP contribution >= 0.6 is 0 Å². The van der Waals surface area contributed by atoms with Crippen LogP contribution in [0, 0.1) is 0 Å². The third-order valence-corrected chi connectivity index (χ3v) is 6.73. The number of imide groups is 1. The molecule has 0 atom stereocenters. The number of phenolic OH excluding ortho intramolecular Hbond substituents is 1. The molecule has 3 aromatic carbocycles. The molecular formula is C27H25NO4. The van der Waals surface area contributed by atoms with Crippen LogP contribution < -0.4 is 4.74 Å². The molecule has 1 N–H and O–H groups in total. The summed E-state index contributed by atoms with van der Waals surface area (Å²) in [7, 11) is 0. The van der Waals surface area contributed by atoms with Gasteiger partial charge in [0.25, 0.3) is 11.8 Å². The van der Waals surface area contributed by atoms with Crippen molar-refractivity contribution in [3.05, 3.63) is 95.1 Å². The molecule has 5 nitrogen and oxygen atoms in total. The van der Waals surface area contributed by atoms with Gasteiger partial charge in [-0.1, -0.05) is 50.2 Å². The van der Waals surface area contributed by atoms with Crippen molar-refractivity contribution in [2.45, 2.75) is 44.2 Å².